The maximum Gasteiger partial charge on any atom is 0.263 e. The van der Waals surface area contributed by atoms with Crippen molar-refractivity contribution in [3.8, 4) is 0 Å². The highest BCUT2D eigenvalue weighted by Gasteiger charge is 2.33. The van der Waals surface area contributed by atoms with Crippen LogP contribution < -0.4 is 15.8 Å². The summed E-state index contributed by atoms with van der Waals surface area (Å²) in [7, 11) is 3.59. The summed E-state index contributed by atoms with van der Waals surface area (Å²) in [6.45, 7) is 3.82. The van der Waals surface area contributed by atoms with Crippen molar-refractivity contribution in [2.75, 3.05) is 30.9 Å². The topological polar surface area (TPSA) is 105 Å². The minimum absolute atomic E-state index is 0.00997. The van der Waals surface area contributed by atoms with Crippen LogP contribution in [-0.4, -0.2) is 41.5 Å². The Kier molecular flexibility index (Phi) is 5.84. The molecule has 0 radical (unpaired) electrons. The summed E-state index contributed by atoms with van der Waals surface area (Å²) in [5.74, 6) is 1.68. The number of nitrogens with zero attached hydrogens (tertiary/aromatic N) is 2. The number of nitrogens with one attached hydrogen (secondary N) is 3. The zero-order valence-corrected chi connectivity index (χ0v) is 16.9. The van der Waals surface area contributed by atoms with Gasteiger partial charge in [-0.05, 0) is 35.8 Å². The second-order valence-corrected chi connectivity index (χ2v) is 7.93. The molecular weight excluding hydrogens is 354 g/mol. The van der Waals surface area contributed by atoms with E-state index in [2.05, 4.69) is 53.4 Å². The third-order valence-corrected chi connectivity index (χ3v) is 5.14. The number of anilines is 2. The number of benzene rings is 1. The molecule has 28 heavy (non-hydrogen) atoms. The van der Waals surface area contributed by atoms with Gasteiger partial charge in [0.25, 0.3) is 5.56 Å². The van der Waals surface area contributed by atoms with E-state index in [1.54, 1.807) is 19.0 Å². The van der Waals surface area contributed by atoms with E-state index in [0.29, 0.717) is 23.6 Å². The van der Waals surface area contributed by atoms with Gasteiger partial charge in [-0.1, -0.05) is 38.1 Å². The first-order valence-electron chi connectivity index (χ1n) is 9.68. The molecule has 0 saturated heterocycles. The molecule has 0 spiro atoms. The minimum atomic E-state index is -0.516. The number of aromatic nitrogens is 2. The van der Waals surface area contributed by atoms with Crippen LogP contribution in [0.15, 0.2) is 29.1 Å². The van der Waals surface area contributed by atoms with Gasteiger partial charge in [0.1, 0.15) is 11.4 Å². The molecule has 1 aromatic heterocycles. The number of H-pyrrole nitrogens is 1. The first-order valence-corrected chi connectivity index (χ1v) is 9.68. The Hall–Kier alpha value is -2.67. The number of aliphatic hydroxyl groups is 1. The molecule has 150 valence electrons. The number of hydrogen-bond donors (Lipinski definition) is 4. The van der Waals surface area contributed by atoms with Crippen molar-refractivity contribution < 1.29 is 5.11 Å². The summed E-state index contributed by atoms with van der Waals surface area (Å²) < 4.78 is 0. The minimum Gasteiger partial charge on any atom is -0.390 e. The van der Waals surface area contributed by atoms with E-state index in [9.17, 15) is 9.90 Å². The summed E-state index contributed by atoms with van der Waals surface area (Å²) in [6.07, 6.45) is 2.22. The van der Waals surface area contributed by atoms with E-state index in [1.165, 1.54) is 5.56 Å². The van der Waals surface area contributed by atoms with Gasteiger partial charge in [0.15, 0.2) is 0 Å². The second kappa shape index (κ2) is 8.14. The fourth-order valence-corrected chi connectivity index (χ4v) is 3.28. The zero-order valence-electron chi connectivity index (χ0n) is 16.9. The van der Waals surface area contributed by atoms with Crippen molar-refractivity contribution >= 4 is 17.5 Å². The molecule has 1 fully saturated rings. The average molecular weight is 383 g/mol. The highest BCUT2D eigenvalue weighted by atomic mass is 16.3. The monoisotopic (exact) mass is 383 g/mol. The predicted molar refractivity (Wildman–Crippen MR) is 113 cm³/mol. The van der Waals surface area contributed by atoms with Gasteiger partial charge in [-0.3, -0.25) is 9.78 Å². The summed E-state index contributed by atoms with van der Waals surface area (Å²) in [4.78, 5) is 21.5. The molecule has 1 unspecified atom stereocenters. The molecule has 0 bridgehead atoms. The summed E-state index contributed by atoms with van der Waals surface area (Å²) in [6, 6.07) is 8.55. The second-order valence-electron chi connectivity index (χ2n) is 7.93. The van der Waals surface area contributed by atoms with Gasteiger partial charge in [-0.15, -0.1) is 0 Å². The van der Waals surface area contributed by atoms with E-state index in [0.717, 1.165) is 18.4 Å². The van der Waals surface area contributed by atoms with Crippen molar-refractivity contribution in [1.29, 1.82) is 5.41 Å². The SMILES string of the molecule is CC(C)c1ccc(C(Nc2nc(N(C)C)[nH]c(=O)c2C(=N)CO)C2CC2)cc1. The molecule has 1 saturated carbocycles. The van der Waals surface area contributed by atoms with Crippen molar-refractivity contribution in [3.63, 3.8) is 0 Å². The first-order chi connectivity index (χ1) is 13.3. The Bertz CT molecular complexity index is 898. The lowest BCUT2D eigenvalue weighted by molar-refractivity contribution is 0.357. The number of aliphatic hydroxyl groups excluding tert-OH is 1. The van der Waals surface area contributed by atoms with E-state index in [1.807, 2.05) is 0 Å². The van der Waals surface area contributed by atoms with Crippen LogP contribution in [0.5, 0.6) is 0 Å². The van der Waals surface area contributed by atoms with Crippen LogP contribution >= 0.6 is 0 Å². The quantitative estimate of drug-likeness (QED) is 0.525. The number of rotatable bonds is 8. The molecule has 3 rings (SSSR count). The van der Waals surface area contributed by atoms with Gasteiger partial charge in [-0.2, -0.15) is 4.98 Å². The summed E-state index contributed by atoms with van der Waals surface area (Å²) >= 11 is 0. The normalized spacial score (nSPS) is 14.8. The molecule has 0 amide bonds. The first kappa shape index (κ1) is 20.1. The zero-order chi connectivity index (χ0) is 20.4. The molecule has 1 aliphatic carbocycles. The highest BCUT2D eigenvalue weighted by molar-refractivity contribution is 6.02. The number of hydrogen-bond acceptors (Lipinski definition) is 6. The smallest absolute Gasteiger partial charge is 0.263 e. The van der Waals surface area contributed by atoms with Gasteiger partial charge in [-0.25, -0.2) is 0 Å². The molecule has 1 aromatic carbocycles. The van der Waals surface area contributed by atoms with Crippen LogP contribution in [0, 0.1) is 11.3 Å². The molecular formula is C21H29N5O2. The summed E-state index contributed by atoms with van der Waals surface area (Å²) in [5, 5.41) is 20.9. The molecule has 7 heteroatoms. The van der Waals surface area contributed by atoms with E-state index < -0.39 is 12.2 Å². The van der Waals surface area contributed by atoms with Gasteiger partial charge in [0, 0.05) is 14.1 Å². The van der Waals surface area contributed by atoms with Gasteiger partial charge < -0.3 is 20.7 Å². The molecule has 0 aliphatic heterocycles. The third kappa shape index (κ3) is 4.25. The molecule has 4 N–H and O–H groups in total. The lowest BCUT2D eigenvalue weighted by Crippen LogP contribution is -2.28. The van der Waals surface area contributed by atoms with Crippen LogP contribution in [-0.2, 0) is 0 Å². The van der Waals surface area contributed by atoms with Crippen molar-refractivity contribution in [3.05, 3.63) is 51.3 Å². The Morgan fingerprint density at radius 3 is 2.39 bits per heavy atom. The Balaban J connectivity index is 2.01. The standard InChI is InChI=1S/C21H29N5O2/c1-12(2)13-5-7-14(8-6-13)18(15-9-10-15)23-19-17(16(22)11-27)20(28)25-21(24-19)26(3)4/h5-8,12,15,18,22,27H,9-11H2,1-4H3,(H2,23,24,25,28). The Labute approximate surface area is 165 Å². The Morgan fingerprint density at radius 1 is 1.29 bits per heavy atom. The van der Waals surface area contributed by atoms with Crippen LogP contribution in [0.2, 0.25) is 0 Å². The van der Waals surface area contributed by atoms with Crippen LogP contribution in [0.25, 0.3) is 0 Å². The van der Waals surface area contributed by atoms with Gasteiger partial charge >= 0.3 is 0 Å². The molecule has 7 nitrogen and oxygen atoms in total. The lowest BCUT2D eigenvalue weighted by Gasteiger charge is -2.23. The average Bonchev–Trinajstić information content (AvgIpc) is 3.50. The molecule has 1 atom stereocenters. The van der Waals surface area contributed by atoms with Crippen LogP contribution in [0.4, 0.5) is 11.8 Å². The van der Waals surface area contributed by atoms with Crippen LogP contribution in [0.3, 0.4) is 0 Å². The fourth-order valence-electron chi connectivity index (χ4n) is 3.28. The molecule has 2 aromatic rings. The van der Waals surface area contributed by atoms with Crippen molar-refractivity contribution in [1.82, 2.24) is 9.97 Å². The van der Waals surface area contributed by atoms with Crippen molar-refractivity contribution in [2.24, 2.45) is 5.92 Å². The van der Waals surface area contributed by atoms with Crippen molar-refractivity contribution in [2.45, 2.75) is 38.6 Å². The van der Waals surface area contributed by atoms with Crippen LogP contribution in [0.1, 0.15) is 55.3 Å². The van der Waals surface area contributed by atoms with E-state index in [4.69, 9.17) is 5.41 Å². The van der Waals surface area contributed by atoms with Gasteiger partial charge in [0.05, 0.1) is 18.4 Å². The maximum absolute atomic E-state index is 12.6. The third-order valence-electron chi connectivity index (χ3n) is 5.14. The highest BCUT2D eigenvalue weighted by Crippen LogP contribution is 2.43. The molecule has 1 aliphatic rings. The predicted octanol–water partition coefficient (Wildman–Crippen LogP) is 2.88. The Morgan fingerprint density at radius 2 is 1.89 bits per heavy atom. The lowest BCUT2D eigenvalue weighted by atomic mass is 9.97. The summed E-state index contributed by atoms with van der Waals surface area (Å²) in [5.41, 5.74) is 1.95. The molecule has 1 heterocycles. The van der Waals surface area contributed by atoms with Gasteiger partial charge in [0.2, 0.25) is 5.95 Å². The largest absolute Gasteiger partial charge is 0.390 e. The van der Waals surface area contributed by atoms with E-state index in [-0.39, 0.29) is 17.3 Å². The maximum atomic E-state index is 12.6. The fraction of sp³-hybridized carbons (Fsp3) is 0.476. The number of aromatic amines is 1. The van der Waals surface area contributed by atoms with E-state index >= 15 is 0 Å².